The number of carbonyl (C=O) groups is 2. The fourth-order valence-corrected chi connectivity index (χ4v) is 6.29. The highest BCUT2D eigenvalue weighted by molar-refractivity contribution is 6.30. The van der Waals surface area contributed by atoms with Gasteiger partial charge in [-0.3, -0.25) is 14.3 Å². The first-order valence-corrected chi connectivity index (χ1v) is 12.8. The Morgan fingerprint density at radius 2 is 1.62 bits per heavy atom. The summed E-state index contributed by atoms with van der Waals surface area (Å²) in [5.41, 5.74) is 1.03. The van der Waals surface area contributed by atoms with Gasteiger partial charge in [0.2, 0.25) is 0 Å². The van der Waals surface area contributed by atoms with Gasteiger partial charge >= 0.3 is 18.2 Å². The summed E-state index contributed by atoms with van der Waals surface area (Å²) in [6.07, 6.45) is 11.0. The van der Waals surface area contributed by atoms with Crippen LogP contribution < -0.4 is 5.56 Å². The van der Waals surface area contributed by atoms with E-state index in [9.17, 15) is 14.4 Å². The summed E-state index contributed by atoms with van der Waals surface area (Å²) >= 11 is 0. The maximum atomic E-state index is 13.1. The molecule has 0 N–H and O–H groups in total. The van der Waals surface area contributed by atoms with Crippen LogP contribution in [0.2, 0.25) is 0 Å². The van der Waals surface area contributed by atoms with Crippen LogP contribution in [-0.4, -0.2) is 57.7 Å². The summed E-state index contributed by atoms with van der Waals surface area (Å²) in [5.74, 6) is -1.26. The van der Waals surface area contributed by atoms with Gasteiger partial charge in [-0.05, 0) is 57.8 Å². The molecule has 2 atom stereocenters. The highest BCUT2D eigenvalue weighted by Gasteiger charge is 2.41. The fraction of sp³-hybridized carbons (Fsp3) is 0.760. The number of hydrogen-bond donors (Lipinski definition) is 0. The lowest BCUT2D eigenvalue weighted by Crippen LogP contribution is -2.47. The van der Waals surface area contributed by atoms with Crippen LogP contribution in [0.1, 0.15) is 81.2 Å². The second kappa shape index (κ2) is 9.77. The highest BCUT2D eigenvalue weighted by Crippen LogP contribution is 2.37. The summed E-state index contributed by atoms with van der Waals surface area (Å²) in [5, 5.41) is 0. The summed E-state index contributed by atoms with van der Waals surface area (Å²) in [4.78, 5) is 42.8. The maximum absolute atomic E-state index is 13.1. The predicted octanol–water partition coefficient (Wildman–Crippen LogP) is 2.32. The number of cyclic esters (lactones) is 2. The molecule has 9 nitrogen and oxygen atoms in total. The minimum Gasteiger partial charge on any atom is -0.409 e. The Bertz CT molecular complexity index is 971. The van der Waals surface area contributed by atoms with Gasteiger partial charge in [0, 0.05) is 43.5 Å². The van der Waals surface area contributed by atoms with Crippen LogP contribution >= 0.6 is 0 Å². The molecule has 3 saturated heterocycles. The quantitative estimate of drug-likeness (QED) is 0.439. The summed E-state index contributed by atoms with van der Waals surface area (Å²) < 4.78 is 17.5. The molecule has 2 bridgehead atoms. The van der Waals surface area contributed by atoms with Gasteiger partial charge in [0.15, 0.2) is 5.82 Å². The monoisotopic (exact) mass is 473 g/mol. The lowest BCUT2D eigenvalue weighted by molar-refractivity contribution is -0.150. The van der Waals surface area contributed by atoms with Crippen molar-refractivity contribution in [2.45, 2.75) is 95.6 Å². The lowest BCUT2D eigenvalue weighted by atomic mass is 9.90. The van der Waals surface area contributed by atoms with Crippen molar-refractivity contribution in [1.29, 1.82) is 0 Å². The average Bonchev–Trinajstić information content (AvgIpc) is 3.28. The third-order valence-corrected chi connectivity index (χ3v) is 8.18. The van der Waals surface area contributed by atoms with Gasteiger partial charge < -0.3 is 14.2 Å². The number of nitrogens with zero attached hydrogens (tertiary/aromatic N) is 3. The molecule has 34 heavy (non-hydrogen) atoms. The molecule has 4 heterocycles. The Kier molecular flexibility index (Phi) is 6.75. The molecule has 0 spiro atoms. The molecule has 3 aliphatic heterocycles. The standard InChI is InChI=1S/C25H35N3O6/c1-15-20(22(29)27(2)21(26-15)25-33-23(30)24(31)34-25)10-11-28-17-8-9-18(28)13-19(12-17)32-14-16-6-4-3-5-7-16/h16-19,25H,3-14H2,1-2H3. The molecule has 0 radical (unpaired) electrons. The molecule has 2 unspecified atom stereocenters. The maximum Gasteiger partial charge on any atom is 0.421 e. The Labute approximate surface area is 199 Å². The van der Waals surface area contributed by atoms with Crippen molar-refractivity contribution in [1.82, 2.24) is 14.5 Å². The molecule has 9 heteroatoms. The molecule has 1 saturated carbocycles. The van der Waals surface area contributed by atoms with Crippen molar-refractivity contribution in [2.75, 3.05) is 13.2 Å². The lowest BCUT2D eigenvalue weighted by Gasteiger charge is -2.39. The van der Waals surface area contributed by atoms with E-state index in [1.165, 1.54) is 49.5 Å². The number of aryl methyl sites for hydroxylation is 1. The van der Waals surface area contributed by atoms with E-state index in [1.54, 1.807) is 14.0 Å². The largest absolute Gasteiger partial charge is 0.421 e. The molecule has 1 aromatic rings. The zero-order chi connectivity index (χ0) is 23.8. The first-order chi connectivity index (χ1) is 16.4. The molecular weight excluding hydrogens is 438 g/mol. The third kappa shape index (κ3) is 4.64. The van der Waals surface area contributed by atoms with Crippen LogP contribution in [0, 0.1) is 12.8 Å². The van der Waals surface area contributed by atoms with Crippen molar-refractivity contribution in [3.8, 4) is 0 Å². The molecule has 0 aromatic carbocycles. The topological polar surface area (TPSA) is 100.0 Å². The number of fused-ring (bicyclic) bond motifs is 2. The van der Waals surface area contributed by atoms with Crippen molar-refractivity contribution >= 4 is 11.9 Å². The molecule has 4 fully saturated rings. The van der Waals surface area contributed by atoms with Crippen molar-refractivity contribution < 1.29 is 23.8 Å². The van der Waals surface area contributed by atoms with Crippen molar-refractivity contribution in [2.24, 2.45) is 13.0 Å². The minimum absolute atomic E-state index is 0.126. The highest BCUT2D eigenvalue weighted by atomic mass is 16.8. The van der Waals surface area contributed by atoms with Gasteiger partial charge in [-0.25, -0.2) is 14.6 Å². The van der Waals surface area contributed by atoms with E-state index in [0.29, 0.717) is 35.9 Å². The van der Waals surface area contributed by atoms with Crippen LogP contribution in [0.15, 0.2) is 4.79 Å². The van der Waals surface area contributed by atoms with E-state index in [4.69, 9.17) is 14.2 Å². The van der Waals surface area contributed by atoms with Gasteiger partial charge in [0.25, 0.3) is 5.56 Å². The van der Waals surface area contributed by atoms with Gasteiger partial charge in [-0.15, -0.1) is 0 Å². The number of ether oxygens (including phenoxy) is 3. The molecule has 4 aliphatic rings. The van der Waals surface area contributed by atoms with Gasteiger partial charge in [-0.1, -0.05) is 19.3 Å². The number of rotatable bonds is 7. The van der Waals surface area contributed by atoms with Crippen molar-refractivity contribution in [3.63, 3.8) is 0 Å². The van der Waals surface area contributed by atoms with E-state index in [-0.39, 0.29) is 11.4 Å². The smallest absolute Gasteiger partial charge is 0.409 e. The van der Waals surface area contributed by atoms with E-state index >= 15 is 0 Å². The van der Waals surface area contributed by atoms with E-state index in [0.717, 1.165) is 31.9 Å². The zero-order valence-corrected chi connectivity index (χ0v) is 20.2. The van der Waals surface area contributed by atoms with Gasteiger partial charge in [0.1, 0.15) is 0 Å². The normalized spacial score (nSPS) is 28.4. The Morgan fingerprint density at radius 3 is 2.26 bits per heavy atom. The predicted molar refractivity (Wildman–Crippen MR) is 122 cm³/mol. The molecular formula is C25H35N3O6. The number of carbonyl (C=O) groups excluding carboxylic acids is 2. The molecule has 1 aliphatic carbocycles. The molecule has 1 aromatic heterocycles. The van der Waals surface area contributed by atoms with Crippen LogP contribution in [0.4, 0.5) is 0 Å². The SMILES string of the molecule is Cc1nc(C2OC(=O)C(=O)O2)n(C)c(=O)c1CCN1C2CCC1CC(OCC1CCCCC1)C2. The van der Waals surface area contributed by atoms with Crippen LogP contribution in [0.25, 0.3) is 0 Å². The van der Waals surface area contributed by atoms with E-state index in [1.807, 2.05) is 0 Å². The molecule has 5 rings (SSSR count). The Morgan fingerprint density at radius 1 is 0.971 bits per heavy atom. The van der Waals surface area contributed by atoms with Crippen LogP contribution in [0.3, 0.4) is 0 Å². The Balaban J connectivity index is 1.19. The van der Waals surface area contributed by atoms with Crippen molar-refractivity contribution in [3.05, 3.63) is 27.4 Å². The zero-order valence-electron chi connectivity index (χ0n) is 20.2. The summed E-state index contributed by atoms with van der Waals surface area (Å²) in [7, 11) is 1.56. The van der Waals surface area contributed by atoms with Gasteiger partial charge in [-0.2, -0.15) is 0 Å². The van der Waals surface area contributed by atoms with E-state index < -0.39 is 18.2 Å². The minimum atomic E-state index is -1.27. The first-order valence-electron chi connectivity index (χ1n) is 12.8. The first kappa shape index (κ1) is 23.5. The van der Waals surface area contributed by atoms with E-state index in [2.05, 4.69) is 9.88 Å². The number of piperidine rings is 1. The molecule has 186 valence electrons. The number of hydrogen-bond acceptors (Lipinski definition) is 8. The summed E-state index contributed by atoms with van der Waals surface area (Å²) in [6.45, 7) is 3.51. The second-order valence-electron chi connectivity index (χ2n) is 10.3. The number of aromatic nitrogens is 2. The van der Waals surface area contributed by atoms with Gasteiger partial charge in [0.05, 0.1) is 6.10 Å². The Hall–Kier alpha value is -2.26. The fourth-order valence-electron chi connectivity index (χ4n) is 6.29. The number of esters is 2. The second-order valence-corrected chi connectivity index (χ2v) is 10.3. The third-order valence-electron chi connectivity index (χ3n) is 8.18. The van der Waals surface area contributed by atoms with Crippen LogP contribution in [-0.2, 0) is 37.3 Å². The van der Waals surface area contributed by atoms with Crippen LogP contribution in [0.5, 0.6) is 0 Å². The molecule has 0 amide bonds. The average molecular weight is 474 g/mol. The summed E-state index contributed by atoms with van der Waals surface area (Å²) in [6, 6.07) is 1.03.